The molecule has 1 aromatic carbocycles. The molecule has 0 saturated carbocycles. The van der Waals surface area contributed by atoms with Crippen LogP contribution in [0.1, 0.15) is 28.8 Å². The maximum atomic E-state index is 12.4. The molecule has 3 aromatic rings. The van der Waals surface area contributed by atoms with Crippen molar-refractivity contribution in [1.82, 2.24) is 25.1 Å². The van der Waals surface area contributed by atoms with Crippen LogP contribution in [0, 0.1) is 0 Å². The van der Waals surface area contributed by atoms with Crippen LogP contribution in [0.25, 0.3) is 0 Å². The summed E-state index contributed by atoms with van der Waals surface area (Å²) in [5.41, 5.74) is 1.14. The molecule has 0 atom stereocenters. The number of carbonyl (C=O) groups excluding carboxylic acids is 3. The third kappa shape index (κ3) is 8.04. The third-order valence-electron chi connectivity index (χ3n) is 4.54. The topological polar surface area (TPSA) is 128 Å². The van der Waals surface area contributed by atoms with Crippen LogP contribution in [-0.2, 0) is 33.7 Å². The lowest BCUT2D eigenvalue weighted by Gasteiger charge is -2.08. The molecule has 0 radical (unpaired) electrons. The zero-order valence-electron chi connectivity index (χ0n) is 19.2. The van der Waals surface area contributed by atoms with E-state index in [9.17, 15) is 14.4 Å². The number of hydrogen-bond donors (Lipinski definition) is 2. The number of carbonyl (C=O) groups is 3. The first-order valence-corrected chi connectivity index (χ1v) is 12.8. The van der Waals surface area contributed by atoms with E-state index in [-0.39, 0.29) is 30.0 Å². The van der Waals surface area contributed by atoms with Crippen LogP contribution in [0.2, 0.25) is 0 Å². The van der Waals surface area contributed by atoms with Crippen molar-refractivity contribution in [3.05, 3.63) is 65.4 Å². The molecule has 0 spiro atoms. The number of thiazole rings is 1. The van der Waals surface area contributed by atoms with E-state index < -0.39 is 0 Å². The van der Waals surface area contributed by atoms with E-state index in [1.165, 1.54) is 23.1 Å². The second kappa shape index (κ2) is 13.4. The zero-order valence-corrected chi connectivity index (χ0v) is 20.9. The van der Waals surface area contributed by atoms with Crippen molar-refractivity contribution >= 4 is 46.0 Å². The van der Waals surface area contributed by atoms with Crippen molar-refractivity contribution in [2.75, 3.05) is 24.2 Å². The summed E-state index contributed by atoms with van der Waals surface area (Å²) < 4.78 is 6.77. The molecule has 0 fully saturated rings. The number of anilines is 1. The number of esters is 1. The van der Waals surface area contributed by atoms with Gasteiger partial charge in [-0.3, -0.25) is 14.4 Å². The number of rotatable bonds is 13. The molecule has 0 bridgehead atoms. The Kier molecular flexibility index (Phi) is 9.99. The van der Waals surface area contributed by atoms with Gasteiger partial charge in [0.1, 0.15) is 5.82 Å². The van der Waals surface area contributed by atoms with E-state index in [2.05, 4.69) is 32.4 Å². The molecule has 2 aromatic heterocycles. The summed E-state index contributed by atoms with van der Waals surface area (Å²) in [5, 5.41) is 16.7. The Morgan fingerprint density at radius 2 is 2.03 bits per heavy atom. The van der Waals surface area contributed by atoms with Crippen molar-refractivity contribution in [3.8, 4) is 0 Å². The van der Waals surface area contributed by atoms with Crippen molar-refractivity contribution in [2.24, 2.45) is 0 Å². The Bertz CT molecular complexity index is 1160. The number of nitrogens with zero attached hydrogens (tertiary/aromatic N) is 4. The van der Waals surface area contributed by atoms with Crippen molar-refractivity contribution in [1.29, 1.82) is 0 Å². The minimum absolute atomic E-state index is 0.0637. The summed E-state index contributed by atoms with van der Waals surface area (Å²) in [7, 11) is 0. The Hall–Kier alpha value is -3.51. The molecule has 184 valence electrons. The van der Waals surface area contributed by atoms with Crippen LogP contribution >= 0.6 is 23.1 Å². The van der Waals surface area contributed by atoms with E-state index in [0.29, 0.717) is 53.5 Å². The summed E-state index contributed by atoms with van der Waals surface area (Å²) >= 11 is 2.48. The van der Waals surface area contributed by atoms with E-state index in [1.54, 1.807) is 30.5 Å². The van der Waals surface area contributed by atoms with Crippen molar-refractivity contribution < 1.29 is 19.1 Å². The van der Waals surface area contributed by atoms with Crippen LogP contribution in [0.4, 0.5) is 5.13 Å². The highest BCUT2D eigenvalue weighted by atomic mass is 32.2. The number of benzene rings is 1. The van der Waals surface area contributed by atoms with E-state index in [0.717, 1.165) is 0 Å². The Morgan fingerprint density at radius 1 is 1.23 bits per heavy atom. The predicted molar refractivity (Wildman–Crippen MR) is 135 cm³/mol. The Balaban J connectivity index is 1.50. The first-order valence-electron chi connectivity index (χ1n) is 10.9. The molecule has 0 aliphatic heterocycles. The summed E-state index contributed by atoms with van der Waals surface area (Å²) in [5.74, 6) is 0.0244. The molecular formula is C23H26N6O4S2. The first kappa shape index (κ1) is 26.1. The van der Waals surface area contributed by atoms with Gasteiger partial charge in [0.2, 0.25) is 5.91 Å². The second-order valence-electron chi connectivity index (χ2n) is 7.13. The molecule has 2 N–H and O–H groups in total. The number of hydrogen-bond acceptors (Lipinski definition) is 9. The summed E-state index contributed by atoms with van der Waals surface area (Å²) in [6, 6.07) is 8.98. The van der Waals surface area contributed by atoms with E-state index in [4.69, 9.17) is 4.74 Å². The summed E-state index contributed by atoms with van der Waals surface area (Å²) in [6.45, 7) is 6.70. The number of allylic oxidation sites excluding steroid dienone is 1. The number of nitrogens with one attached hydrogen (secondary N) is 2. The monoisotopic (exact) mass is 514 g/mol. The molecule has 12 heteroatoms. The second-order valence-corrected chi connectivity index (χ2v) is 8.93. The first-order chi connectivity index (χ1) is 17.0. The SMILES string of the molecule is C=CCn1c(CCNC(=O)c2ccccc2)nnc1SCC(=O)Nc1nc(CC(=O)OCC)cs1. The van der Waals surface area contributed by atoms with Crippen molar-refractivity contribution in [3.63, 3.8) is 0 Å². The molecule has 0 saturated heterocycles. The van der Waals surface area contributed by atoms with Gasteiger partial charge >= 0.3 is 5.97 Å². The van der Waals surface area contributed by atoms with Gasteiger partial charge < -0.3 is 19.9 Å². The Morgan fingerprint density at radius 3 is 2.77 bits per heavy atom. The van der Waals surface area contributed by atoms with Gasteiger partial charge in [-0.05, 0) is 19.1 Å². The highest BCUT2D eigenvalue weighted by Gasteiger charge is 2.15. The van der Waals surface area contributed by atoms with E-state index >= 15 is 0 Å². The third-order valence-corrected chi connectivity index (χ3v) is 6.31. The maximum absolute atomic E-state index is 12.4. The van der Waals surface area contributed by atoms with Gasteiger partial charge in [-0.25, -0.2) is 4.98 Å². The van der Waals surface area contributed by atoms with Gasteiger partial charge in [0.15, 0.2) is 10.3 Å². The molecule has 3 rings (SSSR count). The minimum Gasteiger partial charge on any atom is -0.466 e. The summed E-state index contributed by atoms with van der Waals surface area (Å²) in [6.07, 6.45) is 2.27. The summed E-state index contributed by atoms with van der Waals surface area (Å²) in [4.78, 5) is 40.4. The van der Waals surface area contributed by atoms with Gasteiger partial charge in [0, 0.05) is 30.5 Å². The predicted octanol–water partition coefficient (Wildman–Crippen LogP) is 2.73. The molecule has 2 heterocycles. The van der Waals surface area contributed by atoms with Crippen LogP contribution in [0.15, 0.2) is 53.5 Å². The number of amides is 2. The average molecular weight is 515 g/mol. The molecule has 2 amide bonds. The fourth-order valence-electron chi connectivity index (χ4n) is 2.99. The molecule has 10 nitrogen and oxygen atoms in total. The number of thioether (sulfide) groups is 1. The number of ether oxygens (including phenoxy) is 1. The fraction of sp³-hybridized carbons (Fsp3) is 0.304. The normalized spacial score (nSPS) is 10.5. The molecular weight excluding hydrogens is 488 g/mol. The average Bonchev–Trinajstić information content (AvgIpc) is 3.45. The smallest absolute Gasteiger partial charge is 0.311 e. The Labute approximate surface area is 211 Å². The molecule has 0 unspecified atom stereocenters. The largest absolute Gasteiger partial charge is 0.466 e. The standard InChI is InChI=1S/C23H26N6O4S2/c1-3-12-29-18(10-11-24-21(32)16-8-6-5-7-9-16)27-28-23(29)35-15-19(30)26-22-25-17(14-34-22)13-20(31)33-4-2/h3,5-9,14H,1,4,10-13,15H2,2H3,(H,24,32)(H,25,26,30). The van der Waals surface area contributed by atoms with Crippen LogP contribution in [0.3, 0.4) is 0 Å². The molecule has 35 heavy (non-hydrogen) atoms. The van der Waals surface area contributed by atoms with Crippen LogP contribution in [-0.4, -0.2) is 56.4 Å². The lowest BCUT2D eigenvalue weighted by Crippen LogP contribution is -2.26. The zero-order chi connectivity index (χ0) is 25.0. The molecule has 0 aliphatic rings. The van der Waals surface area contributed by atoms with Crippen LogP contribution in [0.5, 0.6) is 0 Å². The maximum Gasteiger partial charge on any atom is 0.311 e. The van der Waals surface area contributed by atoms with Gasteiger partial charge in [0.25, 0.3) is 5.91 Å². The van der Waals surface area contributed by atoms with Crippen LogP contribution < -0.4 is 10.6 Å². The molecule has 0 aliphatic carbocycles. The van der Waals surface area contributed by atoms with Gasteiger partial charge in [0.05, 0.1) is 24.5 Å². The minimum atomic E-state index is -0.358. The quantitative estimate of drug-likeness (QED) is 0.202. The lowest BCUT2D eigenvalue weighted by atomic mass is 10.2. The van der Waals surface area contributed by atoms with Gasteiger partial charge in [-0.2, -0.15) is 0 Å². The number of aromatic nitrogens is 4. The fourth-order valence-corrected chi connectivity index (χ4v) is 4.49. The highest BCUT2D eigenvalue weighted by molar-refractivity contribution is 7.99. The van der Waals surface area contributed by atoms with E-state index in [1.807, 2.05) is 22.8 Å². The highest BCUT2D eigenvalue weighted by Crippen LogP contribution is 2.20. The van der Waals surface area contributed by atoms with Gasteiger partial charge in [-0.15, -0.1) is 28.1 Å². The van der Waals surface area contributed by atoms with Gasteiger partial charge in [-0.1, -0.05) is 36.0 Å². The van der Waals surface area contributed by atoms with Crippen molar-refractivity contribution in [2.45, 2.75) is 31.5 Å². The lowest BCUT2D eigenvalue weighted by molar-refractivity contribution is -0.142.